The molecule has 5 rings (SSSR count). The van der Waals surface area contributed by atoms with Gasteiger partial charge in [-0.3, -0.25) is 5.10 Å². The second-order valence-corrected chi connectivity index (χ2v) is 8.69. The van der Waals surface area contributed by atoms with E-state index in [1.54, 1.807) is 11.3 Å². The summed E-state index contributed by atoms with van der Waals surface area (Å²) in [6.07, 6.45) is 1.82. The maximum absolute atomic E-state index is 5.51. The predicted octanol–water partition coefficient (Wildman–Crippen LogP) is 3.04. The number of rotatable bonds is 5. The number of hydrogen-bond donors (Lipinski definition) is 1. The largest absolute Gasteiger partial charge is 0.378 e. The van der Waals surface area contributed by atoms with Crippen molar-refractivity contribution < 1.29 is 4.74 Å². The number of benzene rings is 1. The first-order valence-electron chi connectivity index (χ1n) is 9.92. The molecule has 1 aliphatic rings. The van der Waals surface area contributed by atoms with Crippen LogP contribution in [-0.2, 0) is 11.3 Å². The molecule has 0 saturated carbocycles. The van der Waals surface area contributed by atoms with E-state index >= 15 is 0 Å². The minimum Gasteiger partial charge on any atom is -0.378 e. The summed E-state index contributed by atoms with van der Waals surface area (Å²) in [7, 11) is 4.14. The second kappa shape index (κ2) is 8.10. The van der Waals surface area contributed by atoms with Crippen molar-refractivity contribution in [3.05, 3.63) is 41.4 Å². The van der Waals surface area contributed by atoms with E-state index in [9.17, 15) is 0 Å². The molecule has 0 aliphatic carbocycles. The van der Waals surface area contributed by atoms with Crippen LogP contribution in [0.2, 0.25) is 0 Å². The van der Waals surface area contributed by atoms with Gasteiger partial charge in [0.2, 0.25) is 5.95 Å². The van der Waals surface area contributed by atoms with Gasteiger partial charge in [-0.2, -0.15) is 15.1 Å². The van der Waals surface area contributed by atoms with E-state index in [0.29, 0.717) is 30.8 Å². The Morgan fingerprint density at radius 1 is 1.07 bits per heavy atom. The van der Waals surface area contributed by atoms with Crippen LogP contribution >= 0.6 is 11.3 Å². The number of ether oxygens (including phenoxy) is 1. The van der Waals surface area contributed by atoms with Gasteiger partial charge in [-0.1, -0.05) is 12.1 Å². The van der Waals surface area contributed by atoms with Crippen LogP contribution in [0.5, 0.6) is 0 Å². The number of hydrogen-bond acceptors (Lipinski definition) is 8. The third-order valence-electron chi connectivity index (χ3n) is 5.00. The molecule has 8 nitrogen and oxygen atoms in total. The number of nitrogens with one attached hydrogen (secondary N) is 1. The Kier molecular flexibility index (Phi) is 5.16. The third kappa shape index (κ3) is 3.79. The van der Waals surface area contributed by atoms with Crippen molar-refractivity contribution >= 4 is 28.2 Å². The first-order chi connectivity index (χ1) is 14.7. The summed E-state index contributed by atoms with van der Waals surface area (Å²) in [4.78, 5) is 21.2. The average Bonchev–Trinajstić information content (AvgIpc) is 3.43. The summed E-state index contributed by atoms with van der Waals surface area (Å²) in [5.74, 6) is 2.06. The molecule has 9 heteroatoms. The molecule has 1 fully saturated rings. The van der Waals surface area contributed by atoms with Gasteiger partial charge >= 0.3 is 0 Å². The topological polar surface area (TPSA) is 83.1 Å². The molecule has 1 N–H and O–H groups in total. The first kappa shape index (κ1) is 19.1. The third-order valence-corrected chi connectivity index (χ3v) is 6.06. The molecule has 3 aromatic heterocycles. The average molecular weight is 422 g/mol. The van der Waals surface area contributed by atoms with Crippen LogP contribution in [0, 0.1) is 0 Å². The molecule has 0 radical (unpaired) electrons. The lowest BCUT2D eigenvalue weighted by Crippen LogP contribution is -2.37. The fourth-order valence-corrected chi connectivity index (χ4v) is 4.62. The Bertz CT molecular complexity index is 1160. The zero-order valence-corrected chi connectivity index (χ0v) is 17.8. The molecule has 154 valence electrons. The molecular formula is C21H23N7OS. The number of nitrogens with zero attached hydrogens (tertiary/aromatic N) is 6. The molecule has 0 unspecified atom stereocenters. The SMILES string of the molecule is CN(C)Cc1ccc(-c2nc(-c3cccc4[nH]ncc34)nc(N3CCOCC3)n2)s1. The molecule has 0 amide bonds. The van der Waals surface area contributed by atoms with Crippen LogP contribution < -0.4 is 4.90 Å². The zero-order valence-electron chi connectivity index (χ0n) is 17.0. The van der Waals surface area contributed by atoms with Crippen molar-refractivity contribution in [3.8, 4) is 22.1 Å². The molecule has 1 aromatic carbocycles. The van der Waals surface area contributed by atoms with E-state index in [1.807, 2.05) is 24.4 Å². The van der Waals surface area contributed by atoms with Crippen LogP contribution in [0.1, 0.15) is 4.88 Å². The number of aromatic amines is 1. The van der Waals surface area contributed by atoms with Gasteiger partial charge in [-0.15, -0.1) is 11.3 Å². The lowest BCUT2D eigenvalue weighted by molar-refractivity contribution is 0.122. The van der Waals surface area contributed by atoms with Crippen molar-refractivity contribution in [2.24, 2.45) is 0 Å². The number of aromatic nitrogens is 5. The lowest BCUT2D eigenvalue weighted by atomic mass is 10.1. The highest BCUT2D eigenvalue weighted by molar-refractivity contribution is 7.15. The van der Waals surface area contributed by atoms with Crippen LogP contribution in [0.15, 0.2) is 36.5 Å². The Morgan fingerprint density at radius 3 is 2.73 bits per heavy atom. The number of anilines is 1. The Balaban J connectivity index is 1.62. The minimum atomic E-state index is 0.663. The molecule has 1 saturated heterocycles. The van der Waals surface area contributed by atoms with Crippen LogP contribution in [0.25, 0.3) is 33.0 Å². The normalized spacial score (nSPS) is 14.7. The van der Waals surface area contributed by atoms with Gasteiger partial charge in [0, 0.05) is 35.5 Å². The van der Waals surface area contributed by atoms with Crippen molar-refractivity contribution in [1.29, 1.82) is 0 Å². The molecule has 0 atom stereocenters. The summed E-state index contributed by atoms with van der Waals surface area (Å²) >= 11 is 1.72. The lowest BCUT2D eigenvalue weighted by Gasteiger charge is -2.27. The smallest absolute Gasteiger partial charge is 0.229 e. The van der Waals surface area contributed by atoms with Gasteiger partial charge in [0.15, 0.2) is 11.6 Å². The van der Waals surface area contributed by atoms with Crippen molar-refractivity contribution in [1.82, 2.24) is 30.0 Å². The summed E-state index contributed by atoms with van der Waals surface area (Å²) in [6, 6.07) is 10.3. The summed E-state index contributed by atoms with van der Waals surface area (Å²) in [5.41, 5.74) is 1.91. The maximum atomic E-state index is 5.51. The van der Waals surface area contributed by atoms with Crippen molar-refractivity contribution in [2.75, 3.05) is 45.3 Å². The van der Waals surface area contributed by atoms with E-state index in [4.69, 9.17) is 19.7 Å². The van der Waals surface area contributed by atoms with Gasteiger partial charge in [0.1, 0.15) is 0 Å². The Labute approximate surface area is 178 Å². The molecule has 1 aliphatic heterocycles. The first-order valence-corrected chi connectivity index (χ1v) is 10.7. The van der Waals surface area contributed by atoms with E-state index in [1.165, 1.54) is 4.88 Å². The van der Waals surface area contributed by atoms with Gasteiger partial charge < -0.3 is 14.5 Å². The van der Waals surface area contributed by atoms with Crippen LogP contribution in [0.4, 0.5) is 5.95 Å². The number of H-pyrrole nitrogens is 1. The predicted molar refractivity (Wildman–Crippen MR) is 119 cm³/mol. The highest BCUT2D eigenvalue weighted by Gasteiger charge is 2.20. The molecule has 4 aromatic rings. The Hall–Kier alpha value is -2.88. The van der Waals surface area contributed by atoms with Gasteiger partial charge in [0.05, 0.1) is 29.8 Å². The molecular weight excluding hydrogens is 398 g/mol. The van der Waals surface area contributed by atoms with Crippen molar-refractivity contribution in [3.63, 3.8) is 0 Å². The number of fused-ring (bicyclic) bond motifs is 1. The highest BCUT2D eigenvalue weighted by Crippen LogP contribution is 2.31. The molecule has 0 spiro atoms. The second-order valence-electron chi connectivity index (χ2n) is 7.52. The van der Waals surface area contributed by atoms with E-state index < -0.39 is 0 Å². The van der Waals surface area contributed by atoms with Gasteiger partial charge in [-0.05, 0) is 32.3 Å². The highest BCUT2D eigenvalue weighted by atomic mass is 32.1. The van der Waals surface area contributed by atoms with Crippen LogP contribution in [-0.4, -0.2) is 70.4 Å². The molecule has 0 bridgehead atoms. The summed E-state index contributed by atoms with van der Waals surface area (Å²) in [6.45, 7) is 3.80. The fraction of sp³-hybridized carbons (Fsp3) is 0.333. The molecule has 30 heavy (non-hydrogen) atoms. The molecule has 4 heterocycles. The fourth-order valence-electron chi connectivity index (χ4n) is 3.56. The minimum absolute atomic E-state index is 0.663. The monoisotopic (exact) mass is 421 g/mol. The maximum Gasteiger partial charge on any atom is 0.229 e. The number of morpholine rings is 1. The van der Waals surface area contributed by atoms with Gasteiger partial charge in [0.25, 0.3) is 0 Å². The van der Waals surface area contributed by atoms with E-state index in [0.717, 1.165) is 41.0 Å². The number of thiophene rings is 1. The zero-order chi connectivity index (χ0) is 20.5. The summed E-state index contributed by atoms with van der Waals surface area (Å²) in [5, 5.41) is 8.21. The van der Waals surface area contributed by atoms with Crippen LogP contribution in [0.3, 0.4) is 0 Å². The van der Waals surface area contributed by atoms with Crippen molar-refractivity contribution in [2.45, 2.75) is 6.54 Å². The van der Waals surface area contributed by atoms with E-state index in [2.05, 4.69) is 46.2 Å². The van der Waals surface area contributed by atoms with E-state index in [-0.39, 0.29) is 0 Å². The van der Waals surface area contributed by atoms with Gasteiger partial charge in [-0.25, -0.2) is 4.98 Å². The Morgan fingerprint density at radius 2 is 1.90 bits per heavy atom. The standard InChI is InChI=1S/C21H23N7OS/c1-27(2)13-14-6-7-18(30-14)20-23-19(15-4-3-5-17-16(15)12-22-26-17)24-21(25-20)28-8-10-29-11-9-28/h3-7,12H,8-11,13H2,1-2H3,(H,22,26). The quantitative estimate of drug-likeness (QED) is 0.530. The summed E-state index contributed by atoms with van der Waals surface area (Å²) < 4.78 is 5.51.